The molecule has 0 bridgehead atoms. The summed E-state index contributed by atoms with van der Waals surface area (Å²) in [4.78, 5) is 0. The molecule has 0 aliphatic heterocycles. The van der Waals surface area contributed by atoms with Crippen molar-refractivity contribution in [3.05, 3.63) is 52.8 Å². The third-order valence-corrected chi connectivity index (χ3v) is 4.07. The van der Waals surface area contributed by atoms with Gasteiger partial charge in [0.05, 0.1) is 7.11 Å². The van der Waals surface area contributed by atoms with Gasteiger partial charge in [0.1, 0.15) is 5.75 Å². The van der Waals surface area contributed by atoms with Gasteiger partial charge in [0.2, 0.25) is 0 Å². The van der Waals surface area contributed by atoms with E-state index < -0.39 is 0 Å². The Morgan fingerprint density at radius 1 is 1.25 bits per heavy atom. The topological polar surface area (TPSA) is 26.2 Å². The van der Waals surface area contributed by atoms with E-state index in [1.54, 1.807) is 7.11 Å². The Hall–Kier alpha value is -1.74. The van der Waals surface area contributed by atoms with Crippen LogP contribution in [0.4, 0.5) is 0 Å². The Labute approximate surface area is 121 Å². The summed E-state index contributed by atoms with van der Waals surface area (Å²) in [7, 11) is 3.81. The number of methoxy groups -OCH3 is 1. The number of hydrogen-bond donors (Lipinski definition) is 1. The summed E-state index contributed by atoms with van der Waals surface area (Å²) in [5.41, 5.74) is 5.23. The lowest BCUT2D eigenvalue weighted by molar-refractivity contribution is 0.413. The predicted octanol–water partition coefficient (Wildman–Crippen LogP) is 3.50. The zero-order valence-corrected chi connectivity index (χ0v) is 13.0. The van der Waals surface area contributed by atoms with Gasteiger partial charge in [-0.25, -0.2) is 0 Å². The van der Waals surface area contributed by atoms with Crippen molar-refractivity contribution in [1.29, 1.82) is 0 Å². The van der Waals surface area contributed by atoms with Crippen molar-refractivity contribution in [3.8, 4) is 5.75 Å². The minimum Gasteiger partial charge on any atom is -0.497 e. The molecule has 1 unspecified atom stereocenters. The van der Waals surface area contributed by atoms with Crippen molar-refractivity contribution in [2.75, 3.05) is 7.11 Å². The lowest BCUT2D eigenvalue weighted by atomic mass is 10.1. The lowest BCUT2D eigenvalue weighted by Crippen LogP contribution is -2.18. The minimum absolute atomic E-state index is 0.296. The van der Waals surface area contributed by atoms with E-state index in [1.807, 2.05) is 12.1 Å². The van der Waals surface area contributed by atoms with Gasteiger partial charge in [-0.15, -0.1) is 0 Å². The van der Waals surface area contributed by atoms with Gasteiger partial charge in [0.25, 0.3) is 0 Å². The highest BCUT2D eigenvalue weighted by Crippen LogP contribution is 2.20. The second kappa shape index (κ2) is 6.14. The molecule has 2 rings (SSSR count). The average Bonchev–Trinajstić information content (AvgIpc) is 2.72. The largest absolute Gasteiger partial charge is 0.497 e. The Morgan fingerprint density at radius 2 is 2.00 bits per heavy atom. The Balaban J connectivity index is 2.04. The van der Waals surface area contributed by atoms with Gasteiger partial charge in [-0.3, -0.25) is 0 Å². The fraction of sp³-hybridized carbons (Fsp3) is 0.412. The number of nitrogens with zero attached hydrogens (tertiary/aromatic N) is 1. The van der Waals surface area contributed by atoms with Crippen LogP contribution < -0.4 is 10.1 Å². The minimum atomic E-state index is 0.296. The molecule has 1 atom stereocenters. The van der Waals surface area contributed by atoms with E-state index in [4.69, 9.17) is 4.74 Å². The maximum absolute atomic E-state index is 5.27. The van der Waals surface area contributed by atoms with Crippen LogP contribution in [0.15, 0.2) is 30.3 Å². The third-order valence-electron chi connectivity index (χ3n) is 4.07. The van der Waals surface area contributed by atoms with Crippen LogP contribution in [-0.4, -0.2) is 11.7 Å². The van der Waals surface area contributed by atoms with Crippen molar-refractivity contribution >= 4 is 0 Å². The Bertz CT molecular complexity index is 587. The summed E-state index contributed by atoms with van der Waals surface area (Å²) < 4.78 is 7.50. The number of aromatic nitrogens is 1. The molecule has 0 saturated carbocycles. The molecule has 0 spiro atoms. The number of aryl methyl sites for hydroxylation is 1. The smallest absolute Gasteiger partial charge is 0.119 e. The molecule has 0 aliphatic carbocycles. The fourth-order valence-corrected chi connectivity index (χ4v) is 2.40. The van der Waals surface area contributed by atoms with Gasteiger partial charge in [0, 0.05) is 31.0 Å². The predicted molar refractivity (Wildman–Crippen MR) is 83.1 cm³/mol. The Kier molecular flexibility index (Phi) is 4.50. The molecule has 3 nitrogen and oxygen atoms in total. The van der Waals surface area contributed by atoms with Gasteiger partial charge in [-0.2, -0.15) is 0 Å². The number of ether oxygens (including phenoxy) is 1. The molecule has 0 aliphatic rings. The summed E-state index contributed by atoms with van der Waals surface area (Å²) in [6, 6.07) is 10.8. The van der Waals surface area contributed by atoms with E-state index in [1.165, 1.54) is 22.5 Å². The third kappa shape index (κ3) is 3.05. The Morgan fingerprint density at radius 3 is 2.60 bits per heavy atom. The van der Waals surface area contributed by atoms with Crippen LogP contribution in [0.1, 0.15) is 35.5 Å². The molecule has 20 heavy (non-hydrogen) atoms. The lowest BCUT2D eigenvalue weighted by Gasteiger charge is -2.15. The number of nitrogens with one attached hydrogen (secondary N) is 1. The van der Waals surface area contributed by atoms with E-state index in [2.05, 4.69) is 55.9 Å². The van der Waals surface area contributed by atoms with Gasteiger partial charge >= 0.3 is 0 Å². The molecule has 1 N–H and O–H groups in total. The van der Waals surface area contributed by atoms with Crippen molar-refractivity contribution in [2.45, 2.75) is 33.4 Å². The van der Waals surface area contributed by atoms with Gasteiger partial charge in [-0.1, -0.05) is 12.1 Å². The highest BCUT2D eigenvalue weighted by atomic mass is 16.5. The molecule has 0 radical (unpaired) electrons. The first-order valence-corrected chi connectivity index (χ1v) is 7.02. The molecule has 3 heteroatoms. The van der Waals surface area contributed by atoms with E-state index in [-0.39, 0.29) is 0 Å². The average molecular weight is 272 g/mol. The number of benzene rings is 1. The summed E-state index contributed by atoms with van der Waals surface area (Å²) >= 11 is 0. The van der Waals surface area contributed by atoms with Crippen LogP contribution in [-0.2, 0) is 13.6 Å². The summed E-state index contributed by atoms with van der Waals surface area (Å²) in [6.07, 6.45) is 0. The second-order valence-corrected chi connectivity index (χ2v) is 5.33. The normalized spacial score (nSPS) is 12.4. The molecule has 1 aromatic carbocycles. The maximum atomic E-state index is 5.27. The molecule has 2 aromatic rings. The zero-order valence-electron chi connectivity index (χ0n) is 13.0. The van der Waals surface area contributed by atoms with Crippen LogP contribution in [0.25, 0.3) is 0 Å². The highest BCUT2D eigenvalue weighted by molar-refractivity contribution is 5.31. The monoisotopic (exact) mass is 272 g/mol. The van der Waals surface area contributed by atoms with E-state index >= 15 is 0 Å². The SMILES string of the molecule is COc1cccc(C(C)NCc2cc(C)n(C)c2C)c1. The van der Waals surface area contributed by atoms with E-state index in [9.17, 15) is 0 Å². The first-order valence-electron chi connectivity index (χ1n) is 7.02. The molecule has 1 heterocycles. The molecular weight excluding hydrogens is 248 g/mol. The zero-order chi connectivity index (χ0) is 14.7. The van der Waals surface area contributed by atoms with Crippen molar-refractivity contribution in [3.63, 3.8) is 0 Å². The van der Waals surface area contributed by atoms with Crippen molar-refractivity contribution < 1.29 is 4.74 Å². The summed E-state index contributed by atoms with van der Waals surface area (Å²) in [6.45, 7) is 7.37. The maximum Gasteiger partial charge on any atom is 0.119 e. The molecule has 0 fully saturated rings. The first-order chi connectivity index (χ1) is 9.52. The highest BCUT2D eigenvalue weighted by Gasteiger charge is 2.09. The summed E-state index contributed by atoms with van der Waals surface area (Å²) in [5.74, 6) is 0.905. The fourth-order valence-electron chi connectivity index (χ4n) is 2.40. The number of rotatable bonds is 5. The van der Waals surface area contributed by atoms with Gasteiger partial charge < -0.3 is 14.6 Å². The second-order valence-electron chi connectivity index (χ2n) is 5.33. The van der Waals surface area contributed by atoms with E-state index in [0.717, 1.165) is 12.3 Å². The molecule has 1 aromatic heterocycles. The van der Waals surface area contributed by atoms with Crippen LogP contribution in [0, 0.1) is 13.8 Å². The van der Waals surface area contributed by atoms with Crippen LogP contribution in [0.2, 0.25) is 0 Å². The van der Waals surface area contributed by atoms with Crippen LogP contribution in [0.3, 0.4) is 0 Å². The quantitative estimate of drug-likeness (QED) is 0.901. The molecule has 0 saturated heterocycles. The van der Waals surface area contributed by atoms with Gasteiger partial charge in [-0.05, 0) is 50.1 Å². The molecular formula is C17H24N2O. The van der Waals surface area contributed by atoms with Crippen LogP contribution >= 0.6 is 0 Å². The van der Waals surface area contributed by atoms with Crippen molar-refractivity contribution in [1.82, 2.24) is 9.88 Å². The van der Waals surface area contributed by atoms with E-state index in [0.29, 0.717) is 6.04 Å². The van der Waals surface area contributed by atoms with Crippen molar-refractivity contribution in [2.24, 2.45) is 7.05 Å². The standard InChI is InChI=1S/C17H24N2O/c1-12-9-16(14(3)19(12)4)11-18-13(2)15-7-6-8-17(10-15)20-5/h6-10,13,18H,11H2,1-5H3. The van der Waals surface area contributed by atoms with Crippen LogP contribution in [0.5, 0.6) is 5.75 Å². The summed E-state index contributed by atoms with van der Waals surface area (Å²) in [5, 5.41) is 3.58. The first kappa shape index (κ1) is 14.7. The number of hydrogen-bond acceptors (Lipinski definition) is 2. The molecule has 108 valence electrons. The van der Waals surface area contributed by atoms with Gasteiger partial charge in [0.15, 0.2) is 0 Å². The molecule has 0 amide bonds.